The molecular formula is C36H39ClFN3O5S. The van der Waals surface area contributed by atoms with Crippen molar-refractivity contribution in [2.45, 2.75) is 50.6 Å². The second kappa shape index (κ2) is 16.9. The van der Waals surface area contributed by atoms with Gasteiger partial charge in [0.1, 0.15) is 24.2 Å². The van der Waals surface area contributed by atoms with Crippen molar-refractivity contribution in [3.05, 3.63) is 125 Å². The molecule has 47 heavy (non-hydrogen) atoms. The van der Waals surface area contributed by atoms with Gasteiger partial charge in [-0.1, -0.05) is 67.4 Å². The average molecular weight is 680 g/mol. The van der Waals surface area contributed by atoms with Crippen molar-refractivity contribution < 1.29 is 27.1 Å². The van der Waals surface area contributed by atoms with Crippen molar-refractivity contribution in [2.24, 2.45) is 0 Å². The Hall–Kier alpha value is -4.41. The van der Waals surface area contributed by atoms with Gasteiger partial charge in [-0.3, -0.25) is 13.9 Å². The molecule has 11 heteroatoms. The van der Waals surface area contributed by atoms with Crippen LogP contribution in [0.3, 0.4) is 0 Å². The van der Waals surface area contributed by atoms with Crippen LogP contribution in [0.15, 0.2) is 108 Å². The van der Waals surface area contributed by atoms with Gasteiger partial charge >= 0.3 is 0 Å². The van der Waals surface area contributed by atoms with E-state index in [9.17, 15) is 22.4 Å². The predicted molar refractivity (Wildman–Crippen MR) is 182 cm³/mol. The Labute approximate surface area is 281 Å². The lowest BCUT2D eigenvalue weighted by molar-refractivity contribution is -0.140. The molecule has 0 aromatic heterocycles. The number of ether oxygens (including phenoxy) is 1. The number of halogens is 2. The molecule has 0 radical (unpaired) electrons. The molecule has 4 rings (SSSR count). The minimum atomic E-state index is -4.37. The highest BCUT2D eigenvalue weighted by Gasteiger charge is 2.34. The molecule has 8 nitrogen and oxygen atoms in total. The number of benzene rings is 4. The molecule has 0 bridgehead atoms. The first-order valence-corrected chi connectivity index (χ1v) is 17.3. The third-order valence-electron chi connectivity index (χ3n) is 7.46. The number of rotatable bonds is 16. The van der Waals surface area contributed by atoms with Crippen LogP contribution in [0, 0.1) is 5.82 Å². The largest absolute Gasteiger partial charge is 0.494 e. The third kappa shape index (κ3) is 9.79. The van der Waals surface area contributed by atoms with Crippen LogP contribution < -0.4 is 14.4 Å². The molecule has 0 spiro atoms. The molecular weight excluding hydrogens is 641 g/mol. The fraction of sp³-hybridized carbons (Fsp3) is 0.278. The summed E-state index contributed by atoms with van der Waals surface area (Å²) >= 11 is 6.30. The van der Waals surface area contributed by atoms with Crippen LogP contribution in [-0.4, -0.2) is 50.9 Å². The van der Waals surface area contributed by atoms with Crippen LogP contribution in [0.2, 0.25) is 5.02 Å². The predicted octanol–water partition coefficient (Wildman–Crippen LogP) is 6.63. The minimum absolute atomic E-state index is 0.00813. The van der Waals surface area contributed by atoms with E-state index < -0.39 is 34.3 Å². The Morgan fingerprint density at radius 3 is 2.21 bits per heavy atom. The number of carbonyl (C=O) groups excluding carboxylic acids is 2. The van der Waals surface area contributed by atoms with Crippen molar-refractivity contribution in [2.75, 3.05) is 24.0 Å². The standard InChI is InChI=1S/C36H39ClFN3O5S/c1-3-5-22-39-36(43)34(24-27-10-7-6-8-11-27)40(25-28-12-9-13-29(37)23-28)35(42)26-41(31-16-18-32(19-17-31)46-4-2)47(44,45)33-20-14-30(38)15-21-33/h6-21,23,34H,3-5,22,24-26H2,1-2H3,(H,39,43). The van der Waals surface area contributed by atoms with E-state index >= 15 is 0 Å². The second-order valence-electron chi connectivity index (χ2n) is 10.9. The maximum atomic E-state index is 14.5. The molecule has 1 unspecified atom stereocenters. The lowest BCUT2D eigenvalue weighted by atomic mass is 10.0. The van der Waals surface area contributed by atoms with Crippen molar-refractivity contribution in [3.63, 3.8) is 0 Å². The van der Waals surface area contributed by atoms with Gasteiger partial charge in [0.2, 0.25) is 11.8 Å². The van der Waals surface area contributed by atoms with Gasteiger partial charge in [0, 0.05) is 24.5 Å². The maximum absolute atomic E-state index is 14.5. The van der Waals surface area contributed by atoms with E-state index in [1.165, 1.54) is 4.90 Å². The second-order valence-corrected chi connectivity index (χ2v) is 13.2. The minimum Gasteiger partial charge on any atom is -0.494 e. The lowest BCUT2D eigenvalue weighted by Crippen LogP contribution is -2.53. The SMILES string of the molecule is CCCCNC(=O)C(Cc1ccccc1)N(Cc1cccc(Cl)c1)C(=O)CN(c1ccc(OCC)cc1)S(=O)(=O)c1ccc(F)cc1. The van der Waals surface area contributed by atoms with Crippen LogP contribution in [0.5, 0.6) is 5.75 Å². The zero-order chi connectivity index (χ0) is 33.8. The van der Waals surface area contributed by atoms with Crippen LogP contribution in [0.25, 0.3) is 0 Å². The quantitative estimate of drug-likeness (QED) is 0.134. The third-order valence-corrected chi connectivity index (χ3v) is 9.48. The molecule has 0 aliphatic heterocycles. The summed E-state index contributed by atoms with van der Waals surface area (Å²) in [6, 6.07) is 26.0. The number of sulfonamides is 1. The number of hydrogen-bond donors (Lipinski definition) is 1. The summed E-state index contributed by atoms with van der Waals surface area (Å²) < 4.78 is 48.5. The molecule has 4 aromatic rings. The smallest absolute Gasteiger partial charge is 0.264 e. The highest BCUT2D eigenvalue weighted by Crippen LogP contribution is 2.27. The summed E-state index contributed by atoms with van der Waals surface area (Å²) in [6.45, 7) is 4.04. The van der Waals surface area contributed by atoms with Gasteiger partial charge in [-0.05, 0) is 85.1 Å². The molecule has 1 atom stereocenters. The van der Waals surface area contributed by atoms with E-state index in [1.54, 1.807) is 48.5 Å². The summed E-state index contributed by atoms with van der Waals surface area (Å²) in [6.07, 6.45) is 1.82. The summed E-state index contributed by atoms with van der Waals surface area (Å²) in [4.78, 5) is 29.5. The van der Waals surface area contributed by atoms with Crippen LogP contribution in [-0.2, 0) is 32.6 Å². The Morgan fingerprint density at radius 1 is 0.894 bits per heavy atom. The van der Waals surface area contributed by atoms with Crippen molar-refractivity contribution in [3.8, 4) is 5.75 Å². The summed E-state index contributed by atoms with van der Waals surface area (Å²) in [5, 5.41) is 3.42. The van der Waals surface area contributed by atoms with Crippen LogP contribution in [0.4, 0.5) is 10.1 Å². The first-order chi connectivity index (χ1) is 22.6. The van der Waals surface area contributed by atoms with Gasteiger partial charge in [-0.2, -0.15) is 0 Å². The van der Waals surface area contributed by atoms with Crippen molar-refractivity contribution in [1.82, 2.24) is 10.2 Å². The number of nitrogens with one attached hydrogen (secondary N) is 1. The Kier molecular flexibility index (Phi) is 12.8. The number of unbranched alkanes of at least 4 members (excludes halogenated alkanes) is 1. The fourth-order valence-corrected chi connectivity index (χ4v) is 6.66. The normalized spacial score (nSPS) is 11.8. The Bertz CT molecular complexity index is 1720. The Morgan fingerprint density at radius 2 is 1.57 bits per heavy atom. The molecule has 0 saturated heterocycles. The van der Waals surface area contributed by atoms with E-state index in [1.807, 2.05) is 44.2 Å². The average Bonchev–Trinajstić information content (AvgIpc) is 3.06. The van der Waals surface area contributed by atoms with E-state index in [0.29, 0.717) is 29.5 Å². The molecule has 1 N–H and O–H groups in total. The number of nitrogens with zero attached hydrogens (tertiary/aromatic N) is 2. The number of anilines is 1. The van der Waals surface area contributed by atoms with E-state index in [-0.39, 0.29) is 29.5 Å². The molecule has 4 aromatic carbocycles. The fourth-order valence-electron chi connectivity index (χ4n) is 5.03. The van der Waals surface area contributed by atoms with Crippen LogP contribution in [0.1, 0.15) is 37.8 Å². The first-order valence-electron chi connectivity index (χ1n) is 15.5. The van der Waals surface area contributed by atoms with E-state index in [4.69, 9.17) is 16.3 Å². The monoisotopic (exact) mass is 679 g/mol. The van der Waals surface area contributed by atoms with E-state index in [0.717, 1.165) is 47.0 Å². The zero-order valence-electron chi connectivity index (χ0n) is 26.4. The van der Waals surface area contributed by atoms with Gasteiger partial charge in [0.05, 0.1) is 17.2 Å². The van der Waals surface area contributed by atoms with Crippen molar-refractivity contribution in [1.29, 1.82) is 0 Å². The summed E-state index contributed by atoms with van der Waals surface area (Å²) in [5.41, 5.74) is 1.69. The van der Waals surface area contributed by atoms with Gasteiger partial charge in [0.25, 0.3) is 10.0 Å². The van der Waals surface area contributed by atoms with Crippen LogP contribution >= 0.6 is 11.6 Å². The highest BCUT2D eigenvalue weighted by molar-refractivity contribution is 7.92. The molecule has 0 aliphatic carbocycles. The highest BCUT2D eigenvalue weighted by atomic mass is 35.5. The number of amides is 2. The lowest BCUT2D eigenvalue weighted by Gasteiger charge is -2.34. The molecule has 0 heterocycles. The van der Waals surface area contributed by atoms with Gasteiger partial charge in [-0.15, -0.1) is 0 Å². The number of carbonyl (C=O) groups is 2. The number of hydrogen-bond acceptors (Lipinski definition) is 5. The Balaban J connectivity index is 1.79. The molecule has 2 amide bonds. The molecule has 248 valence electrons. The molecule has 0 fully saturated rings. The van der Waals surface area contributed by atoms with Gasteiger partial charge in [-0.25, -0.2) is 12.8 Å². The maximum Gasteiger partial charge on any atom is 0.264 e. The van der Waals surface area contributed by atoms with Gasteiger partial charge in [0.15, 0.2) is 0 Å². The summed E-state index contributed by atoms with van der Waals surface area (Å²) in [7, 11) is -4.37. The van der Waals surface area contributed by atoms with Crippen molar-refractivity contribution >= 4 is 39.1 Å². The van der Waals surface area contributed by atoms with E-state index in [2.05, 4.69) is 5.32 Å². The molecule has 0 saturated carbocycles. The zero-order valence-corrected chi connectivity index (χ0v) is 28.0. The van der Waals surface area contributed by atoms with Gasteiger partial charge < -0.3 is 15.0 Å². The summed E-state index contributed by atoms with van der Waals surface area (Å²) in [5.74, 6) is -1.04. The first kappa shape index (κ1) is 35.4. The molecule has 0 aliphatic rings. The topological polar surface area (TPSA) is 96.0 Å².